The molecule has 2 aliphatic rings. The van der Waals surface area contributed by atoms with Crippen molar-refractivity contribution < 1.29 is 14.4 Å². The molecule has 0 aromatic heterocycles. The highest BCUT2D eigenvalue weighted by molar-refractivity contribution is 5.91. The average molecular weight is 373 g/mol. The number of methoxy groups -OCH3 is 1. The van der Waals surface area contributed by atoms with E-state index in [1.807, 2.05) is 31.0 Å². The zero-order chi connectivity index (χ0) is 19.2. The lowest BCUT2D eigenvalue weighted by atomic mass is 9.95. The number of hydrogen-bond donors (Lipinski definition) is 0. The second-order valence-corrected chi connectivity index (χ2v) is 7.73. The fourth-order valence-electron chi connectivity index (χ4n) is 3.82. The lowest BCUT2D eigenvalue weighted by Crippen LogP contribution is -2.43. The minimum atomic E-state index is -0.417. The van der Waals surface area contributed by atoms with Gasteiger partial charge in [0.25, 0.3) is 5.91 Å². The molecule has 2 aliphatic heterocycles. The minimum absolute atomic E-state index is 0.0533. The van der Waals surface area contributed by atoms with Crippen LogP contribution in [0.25, 0.3) is 0 Å². The normalized spacial score (nSPS) is 20.9. The van der Waals surface area contributed by atoms with E-state index in [0.29, 0.717) is 12.3 Å². The highest BCUT2D eigenvalue weighted by Crippen LogP contribution is 2.20. The van der Waals surface area contributed by atoms with E-state index < -0.39 is 6.10 Å². The van der Waals surface area contributed by atoms with Crippen molar-refractivity contribution in [3.8, 4) is 5.75 Å². The highest BCUT2D eigenvalue weighted by atomic mass is 16.6. The number of rotatable bonds is 7. The summed E-state index contributed by atoms with van der Waals surface area (Å²) in [6.07, 6.45) is 3.54. The molecule has 1 aromatic rings. The van der Waals surface area contributed by atoms with Crippen LogP contribution in [-0.4, -0.2) is 67.9 Å². The molecular weight excluding hydrogens is 342 g/mol. The summed E-state index contributed by atoms with van der Waals surface area (Å²) in [5, 5.41) is 3.89. The van der Waals surface area contributed by atoms with E-state index in [1.165, 1.54) is 5.56 Å². The zero-order valence-electron chi connectivity index (χ0n) is 16.7. The van der Waals surface area contributed by atoms with Crippen molar-refractivity contribution in [2.24, 2.45) is 11.1 Å². The van der Waals surface area contributed by atoms with Gasteiger partial charge in [-0.05, 0) is 62.9 Å². The Morgan fingerprint density at radius 1 is 1.30 bits per heavy atom. The van der Waals surface area contributed by atoms with Gasteiger partial charge >= 0.3 is 0 Å². The number of amides is 1. The van der Waals surface area contributed by atoms with Gasteiger partial charge in [0.1, 0.15) is 5.75 Å². The van der Waals surface area contributed by atoms with Gasteiger partial charge in [-0.2, -0.15) is 0 Å². The van der Waals surface area contributed by atoms with Gasteiger partial charge in [0.2, 0.25) is 6.10 Å². The third kappa shape index (κ3) is 5.45. The topological polar surface area (TPSA) is 54.4 Å². The number of benzene rings is 1. The first-order valence-corrected chi connectivity index (χ1v) is 9.84. The van der Waals surface area contributed by atoms with Crippen molar-refractivity contribution in [3.63, 3.8) is 0 Å². The van der Waals surface area contributed by atoms with Gasteiger partial charge in [-0.15, -0.1) is 0 Å². The van der Waals surface area contributed by atoms with Crippen LogP contribution in [0.2, 0.25) is 0 Å². The molecule has 0 N–H and O–H groups in total. The summed E-state index contributed by atoms with van der Waals surface area (Å²) >= 11 is 0. The molecular formula is C21H31N3O3. The number of oxime groups is 1. The number of likely N-dealkylation sites (tertiary alicyclic amines) is 1. The Kier molecular flexibility index (Phi) is 6.72. The van der Waals surface area contributed by atoms with Crippen LogP contribution >= 0.6 is 0 Å². The van der Waals surface area contributed by atoms with Crippen molar-refractivity contribution in [2.45, 2.75) is 38.7 Å². The van der Waals surface area contributed by atoms with Crippen LogP contribution in [-0.2, 0) is 16.1 Å². The van der Waals surface area contributed by atoms with E-state index in [-0.39, 0.29) is 5.91 Å². The standard InChI is InChI=1S/C21H31N3O3/c1-16-14-20(27-22-16)21(25)23(2)15-18-9-12-24(13-10-18)11-8-17-4-6-19(26-3)7-5-17/h4-7,18,20H,8-15H2,1-3H3. The van der Waals surface area contributed by atoms with Crippen LogP contribution in [0.3, 0.4) is 0 Å². The lowest BCUT2D eigenvalue weighted by Gasteiger charge is -2.34. The van der Waals surface area contributed by atoms with Gasteiger partial charge in [-0.3, -0.25) is 4.79 Å². The molecule has 1 amide bonds. The number of carbonyl (C=O) groups is 1. The van der Waals surface area contributed by atoms with Crippen LogP contribution in [0, 0.1) is 5.92 Å². The van der Waals surface area contributed by atoms with Crippen molar-refractivity contribution in [1.29, 1.82) is 0 Å². The fourth-order valence-corrected chi connectivity index (χ4v) is 3.82. The number of likely N-dealkylation sites (N-methyl/N-ethyl adjacent to an activating group) is 1. The predicted octanol–water partition coefficient (Wildman–Crippen LogP) is 2.57. The van der Waals surface area contributed by atoms with Gasteiger partial charge in [0.15, 0.2) is 0 Å². The fraction of sp³-hybridized carbons (Fsp3) is 0.619. The number of ether oxygens (including phenoxy) is 1. The molecule has 1 aromatic carbocycles. The molecule has 0 aliphatic carbocycles. The molecule has 0 bridgehead atoms. The van der Waals surface area contributed by atoms with Gasteiger partial charge in [-0.1, -0.05) is 17.3 Å². The van der Waals surface area contributed by atoms with Crippen LogP contribution in [0.4, 0.5) is 0 Å². The molecule has 6 nitrogen and oxygen atoms in total. The van der Waals surface area contributed by atoms with E-state index in [9.17, 15) is 4.79 Å². The molecule has 3 rings (SSSR count). The Morgan fingerprint density at radius 3 is 2.59 bits per heavy atom. The van der Waals surface area contributed by atoms with Crippen LogP contribution in [0.5, 0.6) is 5.75 Å². The summed E-state index contributed by atoms with van der Waals surface area (Å²) in [6.45, 7) is 6.00. The summed E-state index contributed by atoms with van der Waals surface area (Å²) in [6, 6.07) is 8.33. The first-order chi connectivity index (χ1) is 13.0. The van der Waals surface area contributed by atoms with Crippen molar-refractivity contribution in [1.82, 2.24) is 9.80 Å². The smallest absolute Gasteiger partial charge is 0.266 e. The maximum absolute atomic E-state index is 12.4. The maximum atomic E-state index is 12.4. The van der Waals surface area contributed by atoms with E-state index in [0.717, 1.165) is 56.9 Å². The summed E-state index contributed by atoms with van der Waals surface area (Å²) < 4.78 is 5.21. The summed E-state index contributed by atoms with van der Waals surface area (Å²) in [7, 11) is 3.58. The molecule has 1 unspecified atom stereocenters. The molecule has 148 valence electrons. The molecule has 1 fully saturated rings. The van der Waals surface area contributed by atoms with Gasteiger partial charge in [0, 0.05) is 26.6 Å². The molecule has 6 heteroatoms. The zero-order valence-corrected chi connectivity index (χ0v) is 16.7. The predicted molar refractivity (Wildman–Crippen MR) is 106 cm³/mol. The van der Waals surface area contributed by atoms with Crippen molar-refractivity contribution >= 4 is 11.6 Å². The third-order valence-corrected chi connectivity index (χ3v) is 5.58. The first kappa shape index (κ1) is 19.7. The van der Waals surface area contributed by atoms with E-state index in [4.69, 9.17) is 9.57 Å². The Balaban J connectivity index is 1.36. The van der Waals surface area contributed by atoms with Crippen LogP contribution in [0.1, 0.15) is 31.7 Å². The Bertz CT molecular complexity index is 651. The monoisotopic (exact) mass is 373 g/mol. The molecule has 1 saturated heterocycles. The van der Waals surface area contributed by atoms with Crippen LogP contribution in [0.15, 0.2) is 29.4 Å². The maximum Gasteiger partial charge on any atom is 0.266 e. The molecule has 27 heavy (non-hydrogen) atoms. The SMILES string of the molecule is COc1ccc(CCN2CCC(CN(C)C(=O)C3CC(C)=NO3)CC2)cc1. The molecule has 0 saturated carbocycles. The second kappa shape index (κ2) is 9.22. The number of hydrogen-bond acceptors (Lipinski definition) is 5. The highest BCUT2D eigenvalue weighted by Gasteiger charge is 2.30. The number of piperidine rings is 1. The number of nitrogens with zero attached hydrogens (tertiary/aromatic N) is 3. The van der Waals surface area contributed by atoms with Gasteiger partial charge in [-0.25, -0.2) is 0 Å². The third-order valence-electron chi connectivity index (χ3n) is 5.58. The van der Waals surface area contributed by atoms with Gasteiger partial charge < -0.3 is 19.4 Å². The average Bonchev–Trinajstić information content (AvgIpc) is 3.13. The van der Waals surface area contributed by atoms with E-state index in [2.05, 4.69) is 22.2 Å². The quantitative estimate of drug-likeness (QED) is 0.737. The number of carbonyl (C=O) groups excluding carboxylic acids is 1. The van der Waals surface area contributed by atoms with Gasteiger partial charge in [0.05, 0.1) is 12.8 Å². The second-order valence-electron chi connectivity index (χ2n) is 7.73. The Labute approximate surface area is 162 Å². The molecule has 2 heterocycles. The molecule has 0 radical (unpaired) electrons. The summed E-state index contributed by atoms with van der Waals surface area (Å²) in [5.74, 6) is 1.53. The Hall–Kier alpha value is -2.08. The first-order valence-electron chi connectivity index (χ1n) is 9.84. The van der Waals surface area contributed by atoms with Crippen molar-refractivity contribution in [2.75, 3.05) is 40.3 Å². The minimum Gasteiger partial charge on any atom is -0.497 e. The van der Waals surface area contributed by atoms with Crippen molar-refractivity contribution in [3.05, 3.63) is 29.8 Å². The Morgan fingerprint density at radius 2 is 2.00 bits per heavy atom. The largest absolute Gasteiger partial charge is 0.497 e. The summed E-state index contributed by atoms with van der Waals surface area (Å²) in [4.78, 5) is 22.0. The summed E-state index contributed by atoms with van der Waals surface area (Å²) in [5.41, 5.74) is 2.24. The molecule has 1 atom stereocenters. The lowest BCUT2D eigenvalue weighted by molar-refractivity contribution is -0.141. The van der Waals surface area contributed by atoms with E-state index in [1.54, 1.807) is 7.11 Å². The van der Waals surface area contributed by atoms with E-state index >= 15 is 0 Å². The molecule has 0 spiro atoms. The van der Waals surface area contributed by atoms with Crippen LogP contribution < -0.4 is 4.74 Å².